The van der Waals surface area contributed by atoms with Gasteiger partial charge in [-0.25, -0.2) is 9.67 Å². The van der Waals surface area contributed by atoms with Gasteiger partial charge in [0.2, 0.25) is 11.8 Å². The monoisotopic (exact) mass is 425 g/mol. The van der Waals surface area contributed by atoms with E-state index in [-0.39, 0.29) is 18.2 Å². The van der Waals surface area contributed by atoms with E-state index < -0.39 is 5.92 Å². The van der Waals surface area contributed by atoms with Crippen LogP contribution in [0.3, 0.4) is 0 Å². The van der Waals surface area contributed by atoms with Crippen molar-refractivity contribution in [1.82, 2.24) is 14.8 Å². The highest BCUT2D eigenvalue weighted by Crippen LogP contribution is 2.32. The predicted octanol–water partition coefficient (Wildman–Crippen LogP) is 3.02. The molecule has 0 radical (unpaired) electrons. The van der Waals surface area contributed by atoms with Crippen LogP contribution >= 0.6 is 15.9 Å². The van der Waals surface area contributed by atoms with Crippen LogP contribution in [0.2, 0.25) is 0 Å². The minimum atomic E-state index is -0.423. The number of nitrogens with one attached hydrogen (secondary N) is 1. The quantitative estimate of drug-likeness (QED) is 0.696. The van der Waals surface area contributed by atoms with Gasteiger partial charge < -0.3 is 10.2 Å². The van der Waals surface area contributed by atoms with Gasteiger partial charge in [-0.05, 0) is 40.2 Å². The minimum absolute atomic E-state index is 0.0633. The van der Waals surface area contributed by atoms with E-state index in [4.69, 9.17) is 0 Å². The standard InChI is InChI=1S/C19H16BrN5O2/c20-14-5-1-3-7-16(14)24-10-13(9-18(24)26)19(27)23-15-6-2-4-8-17(15)25-12-21-11-22-25/h1-8,11-13H,9-10H2,(H,23,27)/t13-/m1/s1. The number of hydrogen-bond acceptors (Lipinski definition) is 4. The second-order valence-electron chi connectivity index (χ2n) is 6.20. The van der Waals surface area contributed by atoms with Crippen LogP contribution in [0.25, 0.3) is 5.69 Å². The van der Waals surface area contributed by atoms with Crippen LogP contribution < -0.4 is 10.2 Å². The summed E-state index contributed by atoms with van der Waals surface area (Å²) in [5.41, 5.74) is 2.12. The molecule has 4 rings (SSSR count). The van der Waals surface area contributed by atoms with Crippen LogP contribution in [0.1, 0.15) is 6.42 Å². The highest BCUT2D eigenvalue weighted by Gasteiger charge is 2.36. The molecule has 0 aliphatic carbocycles. The van der Waals surface area contributed by atoms with Crippen LogP contribution in [-0.2, 0) is 9.59 Å². The Labute approximate surface area is 164 Å². The molecule has 1 saturated heterocycles. The van der Waals surface area contributed by atoms with Crippen molar-refractivity contribution in [2.24, 2.45) is 5.92 Å². The number of benzene rings is 2. The van der Waals surface area contributed by atoms with E-state index in [0.29, 0.717) is 12.2 Å². The number of nitrogens with zero attached hydrogens (tertiary/aromatic N) is 4. The Morgan fingerprint density at radius 2 is 1.85 bits per heavy atom. The number of amides is 2. The second kappa shape index (κ2) is 7.32. The Morgan fingerprint density at radius 3 is 2.59 bits per heavy atom. The minimum Gasteiger partial charge on any atom is -0.324 e. The summed E-state index contributed by atoms with van der Waals surface area (Å²) in [6.45, 7) is 0.346. The fourth-order valence-electron chi connectivity index (χ4n) is 3.13. The summed E-state index contributed by atoms with van der Waals surface area (Å²) in [5.74, 6) is -0.675. The van der Waals surface area contributed by atoms with Crippen molar-refractivity contribution in [2.45, 2.75) is 6.42 Å². The average Bonchev–Trinajstić information content (AvgIpc) is 3.33. The van der Waals surface area contributed by atoms with E-state index >= 15 is 0 Å². The first kappa shape index (κ1) is 17.4. The van der Waals surface area contributed by atoms with Gasteiger partial charge in [-0.2, -0.15) is 5.10 Å². The first-order valence-corrected chi connectivity index (χ1v) is 9.22. The Bertz CT molecular complexity index is 989. The Balaban J connectivity index is 1.52. The highest BCUT2D eigenvalue weighted by atomic mass is 79.9. The lowest BCUT2D eigenvalue weighted by atomic mass is 10.1. The van der Waals surface area contributed by atoms with Crippen molar-refractivity contribution in [3.05, 3.63) is 65.7 Å². The summed E-state index contributed by atoms with van der Waals surface area (Å²) < 4.78 is 2.42. The molecule has 27 heavy (non-hydrogen) atoms. The van der Waals surface area contributed by atoms with Gasteiger partial charge in [-0.3, -0.25) is 9.59 Å². The van der Waals surface area contributed by atoms with Crippen LogP contribution in [0.5, 0.6) is 0 Å². The molecule has 7 nitrogen and oxygen atoms in total. The van der Waals surface area contributed by atoms with Crippen molar-refractivity contribution in [1.29, 1.82) is 0 Å². The van der Waals surface area contributed by atoms with Gasteiger partial charge in [-0.1, -0.05) is 24.3 Å². The average molecular weight is 426 g/mol. The molecule has 1 aliphatic heterocycles. The van der Waals surface area contributed by atoms with Gasteiger partial charge in [-0.15, -0.1) is 0 Å². The maximum atomic E-state index is 12.8. The second-order valence-corrected chi connectivity index (χ2v) is 7.06. The summed E-state index contributed by atoms with van der Waals surface area (Å²) in [6.07, 6.45) is 3.18. The topological polar surface area (TPSA) is 80.1 Å². The summed E-state index contributed by atoms with van der Waals surface area (Å²) >= 11 is 3.47. The predicted molar refractivity (Wildman–Crippen MR) is 105 cm³/mol. The van der Waals surface area contributed by atoms with E-state index in [2.05, 4.69) is 31.3 Å². The molecule has 1 aliphatic rings. The molecule has 136 valence electrons. The van der Waals surface area contributed by atoms with E-state index in [1.165, 1.54) is 6.33 Å². The molecular formula is C19H16BrN5O2. The largest absolute Gasteiger partial charge is 0.324 e. The normalized spacial score (nSPS) is 16.6. The number of halogens is 1. The number of hydrogen-bond donors (Lipinski definition) is 1. The maximum Gasteiger partial charge on any atom is 0.229 e. The van der Waals surface area contributed by atoms with Crippen LogP contribution in [0, 0.1) is 5.92 Å². The van der Waals surface area contributed by atoms with E-state index in [0.717, 1.165) is 15.8 Å². The molecule has 2 amide bonds. The Kier molecular flexibility index (Phi) is 4.72. The third kappa shape index (κ3) is 3.48. The summed E-state index contributed by atoms with van der Waals surface area (Å²) in [6, 6.07) is 14.8. The molecule has 1 fully saturated rings. The fraction of sp³-hybridized carbons (Fsp3) is 0.158. The van der Waals surface area contributed by atoms with E-state index in [9.17, 15) is 9.59 Å². The van der Waals surface area contributed by atoms with E-state index in [1.807, 2.05) is 42.5 Å². The zero-order chi connectivity index (χ0) is 18.8. The molecule has 0 spiro atoms. The van der Waals surface area contributed by atoms with Gasteiger partial charge in [0.1, 0.15) is 12.7 Å². The molecule has 0 saturated carbocycles. The summed E-state index contributed by atoms with van der Waals surface area (Å²) in [7, 11) is 0. The lowest BCUT2D eigenvalue weighted by Crippen LogP contribution is -2.28. The zero-order valence-corrected chi connectivity index (χ0v) is 15.8. The molecule has 3 aromatic rings. The number of carbonyl (C=O) groups is 2. The zero-order valence-electron chi connectivity index (χ0n) is 14.2. The molecule has 1 N–H and O–H groups in total. The van der Waals surface area contributed by atoms with Gasteiger partial charge in [0.15, 0.2) is 0 Å². The highest BCUT2D eigenvalue weighted by molar-refractivity contribution is 9.10. The molecular weight excluding hydrogens is 410 g/mol. The molecule has 0 bridgehead atoms. The number of aromatic nitrogens is 3. The van der Waals surface area contributed by atoms with Crippen molar-refractivity contribution in [3.63, 3.8) is 0 Å². The smallest absolute Gasteiger partial charge is 0.229 e. The van der Waals surface area contributed by atoms with Crippen molar-refractivity contribution >= 4 is 39.1 Å². The SMILES string of the molecule is O=C(Nc1ccccc1-n1cncn1)[C@@H]1CC(=O)N(c2ccccc2Br)C1. The van der Waals surface area contributed by atoms with Crippen LogP contribution in [0.15, 0.2) is 65.7 Å². The number of rotatable bonds is 4. The van der Waals surface area contributed by atoms with E-state index in [1.54, 1.807) is 22.0 Å². The molecule has 2 aromatic carbocycles. The molecule has 1 aromatic heterocycles. The number of carbonyl (C=O) groups excluding carboxylic acids is 2. The molecule has 2 heterocycles. The lowest BCUT2D eigenvalue weighted by molar-refractivity contribution is -0.122. The Hall–Kier alpha value is -3.00. The number of anilines is 2. The third-order valence-corrected chi connectivity index (χ3v) is 5.14. The molecule has 1 atom stereocenters. The van der Waals surface area contributed by atoms with Crippen LogP contribution in [-0.4, -0.2) is 33.1 Å². The van der Waals surface area contributed by atoms with Gasteiger partial charge >= 0.3 is 0 Å². The van der Waals surface area contributed by atoms with Crippen molar-refractivity contribution in [3.8, 4) is 5.69 Å². The first-order valence-electron chi connectivity index (χ1n) is 8.43. The van der Waals surface area contributed by atoms with Gasteiger partial charge in [0, 0.05) is 17.4 Å². The third-order valence-electron chi connectivity index (χ3n) is 4.47. The van der Waals surface area contributed by atoms with Crippen LogP contribution in [0.4, 0.5) is 11.4 Å². The maximum absolute atomic E-state index is 12.8. The summed E-state index contributed by atoms with van der Waals surface area (Å²) in [4.78, 5) is 30.8. The first-order chi connectivity index (χ1) is 13.1. The molecule has 0 unspecified atom stereocenters. The fourth-order valence-corrected chi connectivity index (χ4v) is 3.63. The summed E-state index contributed by atoms with van der Waals surface area (Å²) in [5, 5.41) is 7.04. The van der Waals surface area contributed by atoms with Crippen molar-refractivity contribution in [2.75, 3.05) is 16.8 Å². The van der Waals surface area contributed by atoms with Gasteiger partial charge in [0.25, 0.3) is 0 Å². The number of para-hydroxylation sites is 3. The van der Waals surface area contributed by atoms with Gasteiger partial charge in [0.05, 0.1) is 23.0 Å². The molecule has 8 heteroatoms. The van der Waals surface area contributed by atoms with Crippen molar-refractivity contribution < 1.29 is 9.59 Å². The lowest BCUT2D eigenvalue weighted by Gasteiger charge is -2.18. The Morgan fingerprint density at radius 1 is 1.11 bits per heavy atom.